The molecule has 6 heteroatoms. The minimum Gasteiger partial charge on any atom is -0.383 e. The highest BCUT2D eigenvalue weighted by atomic mass is 79.9. The van der Waals surface area contributed by atoms with Gasteiger partial charge in [-0.05, 0) is 36.2 Å². The summed E-state index contributed by atoms with van der Waals surface area (Å²) in [5, 5.41) is 3.14. The van der Waals surface area contributed by atoms with Gasteiger partial charge in [0.15, 0.2) is 0 Å². The van der Waals surface area contributed by atoms with E-state index < -0.39 is 0 Å². The van der Waals surface area contributed by atoms with Crippen LogP contribution in [0.25, 0.3) is 0 Å². The molecule has 0 aliphatic heterocycles. The Morgan fingerprint density at radius 1 is 1.47 bits per heavy atom. The fraction of sp³-hybridized carbons (Fsp3) is 0.692. The summed E-state index contributed by atoms with van der Waals surface area (Å²) in [5.41, 5.74) is 0. The third kappa shape index (κ3) is 4.62. The number of methoxy groups -OCH3 is 1. The zero-order chi connectivity index (χ0) is 14.3. The molecule has 1 N–H and O–H groups in total. The molecule has 0 saturated carbocycles. The number of hydrogen-bond acceptors (Lipinski definition) is 5. The van der Waals surface area contributed by atoms with Crippen molar-refractivity contribution in [1.29, 1.82) is 0 Å². The van der Waals surface area contributed by atoms with Crippen molar-refractivity contribution < 1.29 is 4.74 Å². The monoisotopic (exact) mass is 330 g/mol. The Morgan fingerprint density at radius 3 is 2.79 bits per heavy atom. The maximum absolute atomic E-state index is 5.19. The zero-order valence-electron chi connectivity index (χ0n) is 12.1. The third-order valence-electron chi connectivity index (χ3n) is 2.99. The van der Waals surface area contributed by atoms with Crippen LogP contribution in [-0.2, 0) is 4.74 Å². The number of halogens is 1. The Morgan fingerprint density at radius 2 is 2.21 bits per heavy atom. The molecule has 0 fully saturated rings. The lowest BCUT2D eigenvalue weighted by atomic mass is 10.2. The summed E-state index contributed by atoms with van der Waals surface area (Å²) in [5.74, 6) is 1.57. The summed E-state index contributed by atoms with van der Waals surface area (Å²) in [6.07, 6.45) is 2.85. The summed E-state index contributed by atoms with van der Waals surface area (Å²) in [6.45, 7) is 8.69. The first kappa shape index (κ1) is 16.2. The third-order valence-corrected chi connectivity index (χ3v) is 3.55. The molecule has 0 saturated heterocycles. The van der Waals surface area contributed by atoms with Gasteiger partial charge in [0.25, 0.3) is 0 Å². The smallest absolute Gasteiger partial charge is 0.224 e. The van der Waals surface area contributed by atoms with Crippen molar-refractivity contribution in [3.05, 3.63) is 10.7 Å². The summed E-state index contributed by atoms with van der Waals surface area (Å²) < 4.78 is 6.10. The van der Waals surface area contributed by atoms with Crippen LogP contribution in [0.1, 0.15) is 27.2 Å². The second kappa shape index (κ2) is 8.32. The van der Waals surface area contributed by atoms with Gasteiger partial charge in [-0.15, -0.1) is 0 Å². The van der Waals surface area contributed by atoms with E-state index in [1.807, 2.05) is 6.92 Å². The SMILES string of the molecule is CCNc1ncc(Br)c(N(CCOC)C(C)CC)n1. The molecule has 0 aromatic carbocycles. The highest BCUT2D eigenvalue weighted by molar-refractivity contribution is 9.10. The first-order chi connectivity index (χ1) is 9.13. The second-order valence-corrected chi connectivity index (χ2v) is 5.19. The number of aromatic nitrogens is 2. The van der Waals surface area contributed by atoms with Crippen molar-refractivity contribution in [2.45, 2.75) is 33.2 Å². The molecular formula is C13H23BrN4O. The lowest BCUT2D eigenvalue weighted by Crippen LogP contribution is -2.36. The maximum Gasteiger partial charge on any atom is 0.224 e. The van der Waals surface area contributed by atoms with Gasteiger partial charge in [-0.3, -0.25) is 0 Å². The molecule has 0 aliphatic carbocycles. The van der Waals surface area contributed by atoms with E-state index in [-0.39, 0.29) is 0 Å². The Kier molecular flexibility index (Phi) is 7.09. The van der Waals surface area contributed by atoms with Gasteiger partial charge < -0.3 is 15.0 Å². The van der Waals surface area contributed by atoms with Crippen LogP contribution in [0.15, 0.2) is 10.7 Å². The fourth-order valence-electron chi connectivity index (χ4n) is 1.75. The minimum atomic E-state index is 0.399. The Bertz CT molecular complexity index is 389. The molecular weight excluding hydrogens is 308 g/mol. The summed E-state index contributed by atoms with van der Waals surface area (Å²) >= 11 is 3.54. The molecule has 19 heavy (non-hydrogen) atoms. The zero-order valence-corrected chi connectivity index (χ0v) is 13.7. The normalized spacial score (nSPS) is 12.3. The molecule has 1 aromatic heterocycles. The first-order valence-electron chi connectivity index (χ1n) is 6.65. The van der Waals surface area contributed by atoms with Crippen LogP contribution in [0.2, 0.25) is 0 Å². The van der Waals surface area contributed by atoms with Crippen LogP contribution in [-0.4, -0.2) is 42.8 Å². The molecule has 0 spiro atoms. The number of nitrogens with zero attached hydrogens (tertiary/aromatic N) is 3. The average molecular weight is 331 g/mol. The molecule has 108 valence electrons. The number of anilines is 2. The van der Waals surface area contributed by atoms with E-state index >= 15 is 0 Å². The van der Waals surface area contributed by atoms with E-state index in [0.29, 0.717) is 18.6 Å². The number of hydrogen-bond donors (Lipinski definition) is 1. The van der Waals surface area contributed by atoms with Gasteiger partial charge in [0.1, 0.15) is 5.82 Å². The second-order valence-electron chi connectivity index (χ2n) is 4.34. The molecule has 1 aromatic rings. The molecule has 1 unspecified atom stereocenters. The topological polar surface area (TPSA) is 50.3 Å². The first-order valence-corrected chi connectivity index (χ1v) is 7.45. The highest BCUT2D eigenvalue weighted by Crippen LogP contribution is 2.26. The number of rotatable bonds is 8. The van der Waals surface area contributed by atoms with Crippen molar-refractivity contribution in [2.75, 3.05) is 37.0 Å². The standard InChI is InChI=1S/C13H23BrN4O/c1-5-10(3)18(7-8-19-4)12-11(14)9-16-13(17-12)15-6-2/h9-10H,5-8H2,1-4H3,(H,15,16,17). The minimum absolute atomic E-state index is 0.399. The van der Waals surface area contributed by atoms with E-state index in [4.69, 9.17) is 4.74 Å². The van der Waals surface area contributed by atoms with E-state index in [0.717, 1.165) is 29.8 Å². The van der Waals surface area contributed by atoms with Gasteiger partial charge in [-0.1, -0.05) is 6.92 Å². The van der Waals surface area contributed by atoms with Crippen LogP contribution in [0.3, 0.4) is 0 Å². The summed E-state index contributed by atoms with van der Waals surface area (Å²) in [4.78, 5) is 11.1. The number of nitrogens with one attached hydrogen (secondary N) is 1. The molecule has 0 aliphatic rings. The van der Waals surface area contributed by atoms with Crippen molar-refractivity contribution in [3.63, 3.8) is 0 Å². The maximum atomic E-state index is 5.19. The Hall–Kier alpha value is -0.880. The Labute approximate surface area is 123 Å². The summed E-state index contributed by atoms with van der Waals surface area (Å²) in [6, 6.07) is 0.399. The van der Waals surface area contributed by atoms with Crippen LogP contribution < -0.4 is 10.2 Å². The van der Waals surface area contributed by atoms with Crippen LogP contribution in [0.4, 0.5) is 11.8 Å². The van der Waals surface area contributed by atoms with E-state index in [1.54, 1.807) is 13.3 Å². The lowest BCUT2D eigenvalue weighted by molar-refractivity contribution is 0.203. The van der Waals surface area contributed by atoms with Crippen LogP contribution >= 0.6 is 15.9 Å². The van der Waals surface area contributed by atoms with Gasteiger partial charge in [0.05, 0.1) is 11.1 Å². The predicted octanol–water partition coefficient (Wildman–Crippen LogP) is 2.92. The van der Waals surface area contributed by atoms with Crippen molar-refractivity contribution in [3.8, 4) is 0 Å². The van der Waals surface area contributed by atoms with Gasteiger partial charge in [0.2, 0.25) is 5.95 Å². The quantitative estimate of drug-likeness (QED) is 0.794. The van der Waals surface area contributed by atoms with Gasteiger partial charge in [-0.2, -0.15) is 4.98 Å². The van der Waals surface area contributed by atoms with Gasteiger partial charge in [0, 0.05) is 32.4 Å². The van der Waals surface area contributed by atoms with E-state index in [2.05, 4.69) is 50.0 Å². The molecule has 1 atom stereocenters. The predicted molar refractivity (Wildman–Crippen MR) is 82.9 cm³/mol. The number of ether oxygens (including phenoxy) is 1. The van der Waals surface area contributed by atoms with Crippen LogP contribution in [0, 0.1) is 0 Å². The molecule has 0 amide bonds. The highest BCUT2D eigenvalue weighted by Gasteiger charge is 2.18. The molecule has 0 bridgehead atoms. The molecule has 1 rings (SSSR count). The molecule has 1 heterocycles. The van der Waals surface area contributed by atoms with Crippen molar-refractivity contribution >= 4 is 27.7 Å². The van der Waals surface area contributed by atoms with Gasteiger partial charge >= 0.3 is 0 Å². The van der Waals surface area contributed by atoms with E-state index in [1.165, 1.54) is 0 Å². The lowest BCUT2D eigenvalue weighted by Gasteiger charge is -2.30. The average Bonchev–Trinajstić information content (AvgIpc) is 2.42. The van der Waals surface area contributed by atoms with Crippen LogP contribution in [0.5, 0.6) is 0 Å². The fourth-order valence-corrected chi connectivity index (χ4v) is 2.17. The summed E-state index contributed by atoms with van der Waals surface area (Å²) in [7, 11) is 1.72. The largest absolute Gasteiger partial charge is 0.383 e. The van der Waals surface area contributed by atoms with Crippen molar-refractivity contribution in [1.82, 2.24) is 9.97 Å². The Balaban J connectivity index is 3.01. The molecule has 0 radical (unpaired) electrons. The van der Waals surface area contributed by atoms with E-state index in [9.17, 15) is 0 Å². The van der Waals surface area contributed by atoms with Crippen molar-refractivity contribution in [2.24, 2.45) is 0 Å². The molecule has 5 nitrogen and oxygen atoms in total. The van der Waals surface area contributed by atoms with Gasteiger partial charge in [-0.25, -0.2) is 4.98 Å².